The number of hydrogen-bond donors (Lipinski definition) is 0. The monoisotopic (exact) mass is 412 g/mol. The van der Waals surface area contributed by atoms with E-state index >= 15 is 0 Å². The average molecular weight is 413 g/mol. The summed E-state index contributed by atoms with van der Waals surface area (Å²) in [6.45, 7) is 0.851. The summed E-state index contributed by atoms with van der Waals surface area (Å²) in [6.07, 6.45) is 3.16. The maximum absolute atomic E-state index is 13.5. The summed E-state index contributed by atoms with van der Waals surface area (Å²) in [5, 5.41) is 5.85. The molecule has 5 rings (SSSR count). The van der Waals surface area contributed by atoms with Crippen LogP contribution in [0.3, 0.4) is 0 Å². The molecule has 2 aromatic carbocycles. The number of aromatic nitrogens is 3. The average Bonchev–Trinajstić information content (AvgIpc) is 3.42. The lowest BCUT2D eigenvalue weighted by Crippen LogP contribution is -2.31. The molecule has 28 heavy (non-hydrogen) atoms. The fraction of sp³-hybridized carbons (Fsp3) is 0.150. The normalized spacial score (nSPS) is 19.0. The van der Waals surface area contributed by atoms with E-state index in [2.05, 4.69) is 10.1 Å². The molecule has 0 fully saturated rings. The van der Waals surface area contributed by atoms with Gasteiger partial charge in [0.25, 0.3) is 0 Å². The Morgan fingerprint density at radius 2 is 2.04 bits per heavy atom. The summed E-state index contributed by atoms with van der Waals surface area (Å²) in [7, 11) is 0. The second-order valence-corrected chi connectivity index (χ2v) is 8.15. The van der Waals surface area contributed by atoms with Gasteiger partial charge in [-0.3, -0.25) is 4.68 Å². The molecule has 0 radical (unpaired) electrons. The molecule has 0 saturated heterocycles. The molecule has 2 aromatic heterocycles. The van der Waals surface area contributed by atoms with Gasteiger partial charge in [0.2, 0.25) is 5.90 Å². The molecule has 0 bridgehead atoms. The smallest absolute Gasteiger partial charge is 0.227 e. The third-order valence-electron chi connectivity index (χ3n) is 4.73. The standard InChI is InChI=1S/C20H14ClFN4OS/c21-15-4-2-14(3-5-15)20(9-26-12-23-11-24-26)10-27-19(25-20)18-7-13-1-6-16(22)8-17(13)28-18/h1-8,11-12H,9-10H2. The summed E-state index contributed by atoms with van der Waals surface area (Å²) < 4.78 is 22.2. The van der Waals surface area contributed by atoms with Gasteiger partial charge in [-0.15, -0.1) is 11.3 Å². The molecule has 1 atom stereocenters. The summed E-state index contributed by atoms with van der Waals surface area (Å²) in [4.78, 5) is 9.86. The van der Waals surface area contributed by atoms with Crippen molar-refractivity contribution in [1.82, 2.24) is 14.8 Å². The number of hydrogen-bond acceptors (Lipinski definition) is 5. The Morgan fingerprint density at radius 1 is 1.18 bits per heavy atom. The first-order chi connectivity index (χ1) is 13.6. The Morgan fingerprint density at radius 3 is 2.82 bits per heavy atom. The first-order valence-electron chi connectivity index (χ1n) is 8.62. The van der Waals surface area contributed by atoms with Crippen LogP contribution in [0.5, 0.6) is 0 Å². The predicted molar refractivity (Wildman–Crippen MR) is 107 cm³/mol. The highest BCUT2D eigenvalue weighted by atomic mass is 35.5. The summed E-state index contributed by atoms with van der Waals surface area (Å²) in [6, 6.07) is 14.3. The van der Waals surface area contributed by atoms with Gasteiger partial charge in [-0.1, -0.05) is 29.8 Å². The molecule has 0 N–H and O–H groups in total. The Balaban J connectivity index is 1.59. The summed E-state index contributed by atoms with van der Waals surface area (Å²) >= 11 is 7.53. The van der Waals surface area contributed by atoms with Crippen molar-refractivity contribution in [3.63, 3.8) is 0 Å². The zero-order valence-corrected chi connectivity index (χ0v) is 16.1. The van der Waals surface area contributed by atoms with Gasteiger partial charge < -0.3 is 4.74 Å². The number of aliphatic imine (C=N–C) groups is 1. The van der Waals surface area contributed by atoms with Crippen LogP contribution < -0.4 is 0 Å². The molecule has 0 aliphatic carbocycles. The number of benzene rings is 2. The van der Waals surface area contributed by atoms with E-state index < -0.39 is 5.54 Å². The van der Waals surface area contributed by atoms with Crippen molar-refractivity contribution in [2.75, 3.05) is 6.61 Å². The van der Waals surface area contributed by atoms with Crippen molar-refractivity contribution in [2.45, 2.75) is 12.1 Å². The molecule has 5 nitrogen and oxygen atoms in total. The molecule has 1 aliphatic heterocycles. The van der Waals surface area contributed by atoms with E-state index in [-0.39, 0.29) is 5.82 Å². The third-order valence-corrected chi connectivity index (χ3v) is 6.07. The van der Waals surface area contributed by atoms with Crippen LogP contribution in [-0.4, -0.2) is 27.3 Å². The van der Waals surface area contributed by atoms with Gasteiger partial charge in [-0.05, 0) is 41.3 Å². The highest BCUT2D eigenvalue weighted by Crippen LogP contribution is 2.37. The maximum atomic E-state index is 13.5. The van der Waals surface area contributed by atoms with Crippen molar-refractivity contribution in [3.8, 4) is 0 Å². The second kappa shape index (κ2) is 6.68. The topological polar surface area (TPSA) is 52.3 Å². The van der Waals surface area contributed by atoms with Gasteiger partial charge in [0.15, 0.2) is 0 Å². The van der Waals surface area contributed by atoms with E-state index in [1.807, 2.05) is 30.3 Å². The minimum absolute atomic E-state index is 0.253. The maximum Gasteiger partial charge on any atom is 0.227 e. The van der Waals surface area contributed by atoms with Crippen LogP contribution in [0.2, 0.25) is 5.02 Å². The van der Waals surface area contributed by atoms with Gasteiger partial charge >= 0.3 is 0 Å². The molecule has 4 aromatic rings. The van der Waals surface area contributed by atoms with E-state index in [1.165, 1.54) is 29.8 Å². The van der Waals surface area contributed by atoms with Crippen LogP contribution in [0.25, 0.3) is 10.1 Å². The summed E-state index contributed by atoms with van der Waals surface area (Å²) in [5.74, 6) is 0.300. The minimum atomic E-state index is -0.644. The van der Waals surface area contributed by atoms with E-state index in [4.69, 9.17) is 21.3 Å². The lowest BCUT2D eigenvalue weighted by Gasteiger charge is -2.24. The molecular formula is C20H14ClFN4OS. The lowest BCUT2D eigenvalue weighted by atomic mass is 9.91. The number of thiophene rings is 1. The molecule has 0 amide bonds. The molecule has 1 unspecified atom stereocenters. The van der Waals surface area contributed by atoms with E-state index in [0.717, 1.165) is 20.5 Å². The Labute approximate surface area is 169 Å². The Kier molecular flexibility index (Phi) is 4.14. The van der Waals surface area contributed by atoms with Crippen LogP contribution >= 0.6 is 22.9 Å². The predicted octanol–water partition coefficient (Wildman–Crippen LogP) is 4.66. The molecule has 0 saturated carbocycles. The second-order valence-electron chi connectivity index (χ2n) is 6.63. The highest BCUT2D eigenvalue weighted by Gasteiger charge is 2.40. The zero-order valence-electron chi connectivity index (χ0n) is 14.5. The van der Waals surface area contributed by atoms with E-state index in [0.29, 0.717) is 24.1 Å². The molecule has 8 heteroatoms. The fourth-order valence-electron chi connectivity index (χ4n) is 3.35. The molecule has 1 aliphatic rings. The third kappa shape index (κ3) is 3.06. The van der Waals surface area contributed by atoms with Gasteiger partial charge in [0.1, 0.15) is 30.6 Å². The number of ether oxygens (including phenoxy) is 1. The number of fused-ring (bicyclic) bond motifs is 1. The fourth-order valence-corrected chi connectivity index (χ4v) is 4.50. The first kappa shape index (κ1) is 17.3. The molecule has 0 spiro atoms. The van der Waals surface area contributed by atoms with Gasteiger partial charge in [-0.25, -0.2) is 14.4 Å². The van der Waals surface area contributed by atoms with Crippen LogP contribution in [0, 0.1) is 5.82 Å². The van der Waals surface area contributed by atoms with Crippen LogP contribution in [0.4, 0.5) is 4.39 Å². The highest BCUT2D eigenvalue weighted by molar-refractivity contribution is 7.20. The van der Waals surface area contributed by atoms with Crippen molar-refractivity contribution in [2.24, 2.45) is 4.99 Å². The van der Waals surface area contributed by atoms with Crippen molar-refractivity contribution < 1.29 is 9.13 Å². The quantitative estimate of drug-likeness (QED) is 0.490. The van der Waals surface area contributed by atoms with Crippen LogP contribution in [0.1, 0.15) is 10.4 Å². The number of rotatable bonds is 4. The largest absolute Gasteiger partial charge is 0.474 e. The number of nitrogens with zero attached hydrogens (tertiary/aromatic N) is 4. The Hall–Kier alpha value is -2.77. The van der Waals surface area contributed by atoms with Gasteiger partial charge in [0, 0.05) is 9.72 Å². The molecular weight excluding hydrogens is 399 g/mol. The van der Waals surface area contributed by atoms with Crippen molar-refractivity contribution in [1.29, 1.82) is 0 Å². The van der Waals surface area contributed by atoms with Gasteiger partial charge in [-0.2, -0.15) is 5.10 Å². The molecule has 3 heterocycles. The van der Waals surface area contributed by atoms with E-state index in [9.17, 15) is 4.39 Å². The van der Waals surface area contributed by atoms with Gasteiger partial charge in [0.05, 0.1) is 11.4 Å². The zero-order chi connectivity index (χ0) is 19.1. The van der Waals surface area contributed by atoms with Crippen molar-refractivity contribution in [3.05, 3.63) is 82.5 Å². The SMILES string of the molecule is Fc1ccc2cc(C3=NC(Cn4cncn4)(c4ccc(Cl)cc4)CO3)sc2c1. The van der Waals surface area contributed by atoms with Crippen LogP contribution in [-0.2, 0) is 16.8 Å². The van der Waals surface area contributed by atoms with Crippen LogP contribution in [0.15, 0.2) is 66.2 Å². The first-order valence-corrected chi connectivity index (χ1v) is 9.81. The Bertz CT molecular complexity index is 1170. The lowest BCUT2D eigenvalue weighted by molar-refractivity contribution is 0.230. The van der Waals surface area contributed by atoms with E-state index in [1.54, 1.807) is 17.1 Å². The van der Waals surface area contributed by atoms with Crippen molar-refractivity contribution >= 4 is 38.9 Å². The summed E-state index contributed by atoms with van der Waals surface area (Å²) in [5.41, 5.74) is 0.337. The minimum Gasteiger partial charge on any atom is -0.474 e. The number of halogens is 2. The molecule has 140 valence electrons.